The van der Waals surface area contributed by atoms with Crippen molar-refractivity contribution in [2.75, 3.05) is 6.54 Å². The molecular weight excluding hydrogens is 395 g/mol. The summed E-state index contributed by atoms with van der Waals surface area (Å²) in [5.41, 5.74) is 0.652. The van der Waals surface area contributed by atoms with Crippen LogP contribution in [0.4, 0.5) is 18.9 Å². The number of hydrogen-bond donors (Lipinski definition) is 2. The van der Waals surface area contributed by atoms with E-state index in [1.54, 1.807) is 0 Å². The Morgan fingerprint density at radius 2 is 1.62 bits per heavy atom. The molecule has 0 heterocycles. The Balaban J connectivity index is 1.71. The van der Waals surface area contributed by atoms with E-state index in [1.165, 1.54) is 36.4 Å². The molecule has 0 bridgehead atoms. The smallest absolute Gasteiger partial charge is 0.406 e. The van der Waals surface area contributed by atoms with E-state index in [4.69, 9.17) is 0 Å². The second-order valence-electron chi connectivity index (χ2n) is 5.78. The highest BCUT2D eigenvalue weighted by Crippen LogP contribution is 2.22. The van der Waals surface area contributed by atoms with Crippen LogP contribution in [0.15, 0.2) is 48.5 Å². The van der Waals surface area contributed by atoms with Gasteiger partial charge in [-0.1, -0.05) is 12.1 Å². The summed E-state index contributed by atoms with van der Waals surface area (Å²) < 4.78 is 40.0. The van der Waals surface area contributed by atoms with Gasteiger partial charge in [-0.15, -0.1) is 13.2 Å². The lowest BCUT2D eigenvalue weighted by Crippen LogP contribution is -2.30. The molecule has 0 aliphatic rings. The van der Waals surface area contributed by atoms with Crippen molar-refractivity contribution >= 4 is 17.5 Å². The van der Waals surface area contributed by atoms with E-state index in [-0.39, 0.29) is 42.4 Å². The predicted octanol–water partition coefficient (Wildman–Crippen LogP) is 2.93. The fourth-order valence-electron chi connectivity index (χ4n) is 2.22. The number of carbonyl (C=O) groups is 2. The third-order valence-corrected chi connectivity index (χ3v) is 3.62. The third kappa shape index (κ3) is 7.48. The fraction of sp³-hybridized carbons (Fsp3) is 0.222. The summed E-state index contributed by atoms with van der Waals surface area (Å²) >= 11 is 0. The number of benzene rings is 2. The molecule has 0 unspecified atom stereocenters. The minimum absolute atomic E-state index is 0.0199. The van der Waals surface area contributed by atoms with Crippen molar-refractivity contribution in [1.82, 2.24) is 10.6 Å². The van der Waals surface area contributed by atoms with E-state index >= 15 is 0 Å². The Morgan fingerprint density at radius 1 is 1.00 bits per heavy atom. The zero-order chi connectivity index (χ0) is 21.4. The summed E-state index contributed by atoms with van der Waals surface area (Å²) in [4.78, 5) is 33.7. The van der Waals surface area contributed by atoms with Gasteiger partial charge in [-0.05, 0) is 29.8 Å². The van der Waals surface area contributed by atoms with E-state index in [9.17, 15) is 32.9 Å². The maximum atomic E-state index is 12.1. The number of halogens is 3. The van der Waals surface area contributed by atoms with Crippen molar-refractivity contribution in [3.8, 4) is 5.75 Å². The van der Waals surface area contributed by atoms with Crippen molar-refractivity contribution in [2.24, 2.45) is 0 Å². The Labute approximate surface area is 162 Å². The van der Waals surface area contributed by atoms with Crippen LogP contribution in [-0.2, 0) is 11.3 Å². The van der Waals surface area contributed by atoms with Crippen LogP contribution in [0.3, 0.4) is 0 Å². The van der Waals surface area contributed by atoms with E-state index < -0.39 is 17.2 Å². The molecule has 0 radical (unpaired) electrons. The van der Waals surface area contributed by atoms with E-state index in [0.717, 1.165) is 12.1 Å². The predicted molar refractivity (Wildman–Crippen MR) is 95.0 cm³/mol. The average Bonchev–Trinajstić information content (AvgIpc) is 2.66. The molecule has 2 rings (SSSR count). The van der Waals surface area contributed by atoms with Crippen LogP contribution in [-0.4, -0.2) is 29.6 Å². The molecule has 2 N–H and O–H groups in total. The molecule has 0 fully saturated rings. The van der Waals surface area contributed by atoms with Gasteiger partial charge in [0.1, 0.15) is 5.75 Å². The lowest BCUT2D eigenvalue weighted by atomic mass is 10.2. The highest BCUT2D eigenvalue weighted by Gasteiger charge is 2.30. The summed E-state index contributed by atoms with van der Waals surface area (Å²) in [6.07, 6.45) is -4.79. The largest absolute Gasteiger partial charge is 0.573 e. The fourth-order valence-corrected chi connectivity index (χ4v) is 2.22. The van der Waals surface area contributed by atoms with Gasteiger partial charge in [0.05, 0.1) is 4.92 Å². The van der Waals surface area contributed by atoms with Crippen LogP contribution in [0.5, 0.6) is 5.75 Å². The molecule has 0 saturated heterocycles. The number of carbonyl (C=O) groups excluding carboxylic acids is 2. The standard InChI is InChI=1S/C18H16F3N3O5/c19-18(20,21)29-15-7-1-12(2-8-15)11-23-16(25)9-10-22-17(26)13-3-5-14(6-4-13)24(27)28/h1-8H,9-11H2,(H,22,26)(H,23,25). The first kappa shape index (κ1) is 21.7. The molecule has 0 spiro atoms. The first-order valence-corrected chi connectivity index (χ1v) is 8.28. The second-order valence-corrected chi connectivity index (χ2v) is 5.78. The quantitative estimate of drug-likeness (QED) is 0.513. The molecule has 2 aromatic carbocycles. The molecule has 0 aliphatic carbocycles. The van der Waals surface area contributed by atoms with Crippen molar-refractivity contribution in [3.63, 3.8) is 0 Å². The Bertz CT molecular complexity index is 868. The van der Waals surface area contributed by atoms with Gasteiger partial charge in [0.15, 0.2) is 0 Å². The molecule has 2 aromatic rings. The normalized spacial score (nSPS) is 10.9. The van der Waals surface area contributed by atoms with Crippen LogP contribution in [0.1, 0.15) is 22.3 Å². The number of nitrogens with one attached hydrogen (secondary N) is 2. The van der Waals surface area contributed by atoms with E-state index in [2.05, 4.69) is 15.4 Å². The first-order chi connectivity index (χ1) is 13.6. The van der Waals surface area contributed by atoms with Gasteiger partial charge in [-0.25, -0.2) is 0 Å². The van der Waals surface area contributed by atoms with Crippen LogP contribution in [0, 0.1) is 10.1 Å². The zero-order valence-electron chi connectivity index (χ0n) is 14.9. The number of alkyl halides is 3. The molecule has 0 aromatic heterocycles. The molecule has 11 heteroatoms. The van der Waals surface area contributed by atoms with Gasteiger partial charge in [-0.3, -0.25) is 19.7 Å². The van der Waals surface area contributed by atoms with Crippen LogP contribution in [0.25, 0.3) is 0 Å². The number of amides is 2. The summed E-state index contributed by atoms with van der Waals surface area (Å²) in [7, 11) is 0. The highest BCUT2D eigenvalue weighted by atomic mass is 19.4. The van der Waals surface area contributed by atoms with E-state index in [1.807, 2.05) is 0 Å². The topological polar surface area (TPSA) is 111 Å². The van der Waals surface area contributed by atoms with Crippen molar-refractivity contribution in [2.45, 2.75) is 19.3 Å². The average molecular weight is 411 g/mol. The lowest BCUT2D eigenvalue weighted by Gasteiger charge is -2.10. The maximum absolute atomic E-state index is 12.1. The lowest BCUT2D eigenvalue weighted by molar-refractivity contribution is -0.384. The summed E-state index contributed by atoms with van der Waals surface area (Å²) in [5.74, 6) is -1.21. The second kappa shape index (κ2) is 9.53. The number of nitrogens with zero attached hydrogens (tertiary/aromatic N) is 1. The molecule has 8 nitrogen and oxygen atoms in total. The molecule has 154 valence electrons. The van der Waals surface area contributed by atoms with Crippen molar-refractivity contribution in [1.29, 1.82) is 0 Å². The number of nitro groups is 1. The Hall–Kier alpha value is -3.63. The number of hydrogen-bond acceptors (Lipinski definition) is 5. The van der Waals surface area contributed by atoms with Gasteiger partial charge >= 0.3 is 6.36 Å². The number of nitro benzene ring substituents is 1. The van der Waals surface area contributed by atoms with Gasteiger partial charge in [0.25, 0.3) is 11.6 Å². The molecule has 0 aliphatic heterocycles. The van der Waals surface area contributed by atoms with Crippen LogP contribution in [0.2, 0.25) is 0 Å². The monoisotopic (exact) mass is 411 g/mol. The summed E-state index contributed by atoms with van der Waals surface area (Å²) in [5, 5.41) is 15.7. The molecule has 29 heavy (non-hydrogen) atoms. The van der Waals surface area contributed by atoms with Gasteiger partial charge in [0, 0.05) is 37.2 Å². The third-order valence-electron chi connectivity index (χ3n) is 3.62. The van der Waals surface area contributed by atoms with Crippen LogP contribution >= 0.6 is 0 Å². The molecule has 0 atom stereocenters. The van der Waals surface area contributed by atoms with E-state index in [0.29, 0.717) is 5.56 Å². The highest BCUT2D eigenvalue weighted by molar-refractivity contribution is 5.94. The SMILES string of the molecule is O=C(CCNC(=O)c1ccc([N+](=O)[O-])cc1)NCc1ccc(OC(F)(F)F)cc1. The van der Waals surface area contributed by atoms with Gasteiger partial charge < -0.3 is 15.4 Å². The molecule has 2 amide bonds. The minimum atomic E-state index is -4.77. The maximum Gasteiger partial charge on any atom is 0.573 e. The van der Waals surface area contributed by atoms with Crippen molar-refractivity contribution < 1.29 is 32.4 Å². The zero-order valence-corrected chi connectivity index (χ0v) is 14.9. The Morgan fingerprint density at radius 3 is 2.17 bits per heavy atom. The first-order valence-electron chi connectivity index (χ1n) is 8.28. The minimum Gasteiger partial charge on any atom is -0.406 e. The molecular formula is C18H16F3N3O5. The number of non-ortho nitro benzene ring substituents is 1. The van der Waals surface area contributed by atoms with Crippen molar-refractivity contribution in [3.05, 3.63) is 69.8 Å². The molecule has 0 saturated carbocycles. The van der Waals surface area contributed by atoms with Crippen LogP contribution < -0.4 is 15.4 Å². The summed E-state index contributed by atoms with van der Waals surface area (Å²) in [6, 6.07) is 10.1. The van der Waals surface area contributed by atoms with Gasteiger partial charge in [-0.2, -0.15) is 0 Å². The summed E-state index contributed by atoms with van der Waals surface area (Å²) in [6.45, 7) is 0.140. The Kier molecular flexibility index (Phi) is 7.12. The number of ether oxygens (including phenoxy) is 1. The van der Waals surface area contributed by atoms with Gasteiger partial charge in [0.2, 0.25) is 5.91 Å². The number of rotatable bonds is 8.